The fourth-order valence-electron chi connectivity index (χ4n) is 6.07. The highest BCUT2D eigenvalue weighted by atomic mass is 35.5. The zero-order valence-electron chi connectivity index (χ0n) is 25.4. The fourth-order valence-corrected chi connectivity index (χ4v) is 6.83. The van der Waals surface area contributed by atoms with Crippen molar-refractivity contribution in [1.29, 1.82) is 0 Å². The van der Waals surface area contributed by atoms with Gasteiger partial charge in [0.25, 0.3) is 10.1 Å². The molecule has 242 valence electrons. The monoisotopic (exact) mass is 673 g/mol. The van der Waals surface area contributed by atoms with E-state index < -0.39 is 20.9 Å². The second-order valence-electron chi connectivity index (χ2n) is 11.6. The lowest BCUT2D eigenvalue weighted by Gasteiger charge is -2.28. The Morgan fingerprint density at radius 2 is 1.49 bits per heavy atom. The lowest BCUT2D eigenvalue weighted by Crippen LogP contribution is -2.27. The van der Waals surface area contributed by atoms with Crippen molar-refractivity contribution in [3.05, 3.63) is 101 Å². The van der Waals surface area contributed by atoms with Gasteiger partial charge in [-0.05, 0) is 67.8 Å². The summed E-state index contributed by atoms with van der Waals surface area (Å²) in [4.78, 5) is 39.8. The van der Waals surface area contributed by atoms with Gasteiger partial charge >= 0.3 is 0 Å². The van der Waals surface area contributed by atoms with Gasteiger partial charge in [-0.1, -0.05) is 49.6 Å². The number of carbonyl (C=O) groups excluding carboxylic acids is 3. The summed E-state index contributed by atoms with van der Waals surface area (Å²) in [5.41, 5.74) is 3.34. The Labute approximate surface area is 277 Å². The number of fused-ring (bicyclic) bond motifs is 2. The molecule has 4 aromatic rings. The molecule has 47 heavy (non-hydrogen) atoms. The van der Waals surface area contributed by atoms with Crippen LogP contribution in [-0.2, 0) is 14.9 Å². The molecule has 0 bridgehead atoms. The molecule has 2 aliphatic carbocycles. The molecule has 0 saturated heterocycles. The Bertz CT molecular complexity index is 2020. The van der Waals surface area contributed by atoms with E-state index in [2.05, 4.69) is 16.0 Å². The molecule has 0 heterocycles. The maximum atomic E-state index is 14.0. The van der Waals surface area contributed by atoms with Crippen molar-refractivity contribution in [2.45, 2.75) is 50.0 Å². The number of ketones is 2. The molecule has 0 aliphatic heterocycles. The molecular weight excluding hydrogens is 642 g/mol. The van der Waals surface area contributed by atoms with Crippen LogP contribution < -0.4 is 20.7 Å². The van der Waals surface area contributed by atoms with Gasteiger partial charge in [0.2, 0.25) is 5.91 Å². The molecule has 10 nitrogen and oxygen atoms in total. The van der Waals surface area contributed by atoms with Gasteiger partial charge in [-0.15, -0.1) is 11.6 Å². The van der Waals surface area contributed by atoms with Crippen LogP contribution in [0.4, 0.5) is 22.7 Å². The number of aryl methyl sites for hydroxylation is 1. The predicted octanol–water partition coefficient (Wildman–Crippen LogP) is 7.47. The average molecular weight is 674 g/mol. The molecule has 1 amide bonds. The summed E-state index contributed by atoms with van der Waals surface area (Å²) in [6, 6.07) is 19.4. The minimum Gasteiger partial charge on any atom is -0.454 e. The van der Waals surface area contributed by atoms with Crippen molar-refractivity contribution < 1.29 is 32.1 Å². The summed E-state index contributed by atoms with van der Waals surface area (Å²) < 4.78 is 39.8. The van der Waals surface area contributed by atoms with Gasteiger partial charge in [-0.3, -0.25) is 18.9 Å². The minimum atomic E-state index is -4.63. The molecule has 1 saturated carbocycles. The highest BCUT2D eigenvalue weighted by Crippen LogP contribution is 2.40. The highest BCUT2D eigenvalue weighted by Gasteiger charge is 2.34. The van der Waals surface area contributed by atoms with Crippen LogP contribution in [0.1, 0.15) is 69.5 Å². The predicted molar refractivity (Wildman–Crippen MR) is 180 cm³/mol. The number of halogens is 1. The molecule has 1 fully saturated rings. The molecule has 2 aliphatic rings. The van der Waals surface area contributed by atoms with E-state index in [9.17, 15) is 27.4 Å². The van der Waals surface area contributed by atoms with Crippen molar-refractivity contribution >= 4 is 61.9 Å². The number of hydrogen-bond donors (Lipinski definition) is 4. The van der Waals surface area contributed by atoms with E-state index in [1.54, 1.807) is 55.5 Å². The molecule has 4 aromatic carbocycles. The van der Waals surface area contributed by atoms with E-state index in [0.717, 1.165) is 25.7 Å². The third-order valence-electron chi connectivity index (χ3n) is 8.29. The first-order valence-corrected chi connectivity index (χ1v) is 17.2. The van der Waals surface area contributed by atoms with Crippen LogP contribution in [0.3, 0.4) is 0 Å². The molecule has 0 unspecified atom stereocenters. The molecule has 0 aromatic heterocycles. The van der Waals surface area contributed by atoms with E-state index in [-0.39, 0.29) is 46.2 Å². The lowest BCUT2D eigenvalue weighted by molar-refractivity contribution is -0.113. The van der Waals surface area contributed by atoms with Gasteiger partial charge in [-0.2, -0.15) is 8.42 Å². The van der Waals surface area contributed by atoms with Crippen molar-refractivity contribution in [3.8, 4) is 11.5 Å². The summed E-state index contributed by atoms with van der Waals surface area (Å²) in [6.07, 6.45) is 5.32. The van der Waals surface area contributed by atoms with Crippen LogP contribution in [0.25, 0.3) is 0 Å². The van der Waals surface area contributed by atoms with Crippen LogP contribution in [0.2, 0.25) is 0 Å². The summed E-state index contributed by atoms with van der Waals surface area (Å²) in [5.74, 6) is -1.55. The summed E-state index contributed by atoms with van der Waals surface area (Å²) >= 11 is 5.77. The first-order valence-electron chi connectivity index (χ1n) is 15.2. The number of benzene rings is 4. The second-order valence-corrected chi connectivity index (χ2v) is 13.3. The van der Waals surface area contributed by atoms with E-state index in [0.29, 0.717) is 39.3 Å². The van der Waals surface area contributed by atoms with Crippen molar-refractivity contribution in [2.75, 3.05) is 21.8 Å². The zero-order valence-corrected chi connectivity index (χ0v) is 27.0. The third kappa shape index (κ3) is 6.73. The van der Waals surface area contributed by atoms with Gasteiger partial charge in [0.05, 0.1) is 22.5 Å². The number of ether oxygens (including phenoxy) is 1. The largest absolute Gasteiger partial charge is 0.454 e. The number of rotatable bonds is 9. The average Bonchev–Trinajstić information content (AvgIpc) is 3.06. The molecule has 0 radical (unpaired) electrons. The van der Waals surface area contributed by atoms with Crippen LogP contribution in [0, 0.1) is 6.92 Å². The number of carbonyl (C=O) groups is 3. The van der Waals surface area contributed by atoms with Crippen molar-refractivity contribution in [2.24, 2.45) is 0 Å². The number of nitrogens with one attached hydrogen (secondary N) is 3. The fraction of sp³-hybridized carbons (Fsp3) is 0.229. The first-order chi connectivity index (χ1) is 22.5. The van der Waals surface area contributed by atoms with Crippen LogP contribution in [0.15, 0.2) is 77.7 Å². The molecular formula is C35H32ClN3O7S. The van der Waals surface area contributed by atoms with E-state index in [1.165, 1.54) is 30.7 Å². The van der Waals surface area contributed by atoms with Crippen LogP contribution in [-0.4, -0.2) is 42.4 Å². The normalized spacial score (nSPS) is 14.6. The van der Waals surface area contributed by atoms with Gasteiger partial charge in [0.15, 0.2) is 17.3 Å². The summed E-state index contributed by atoms with van der Waals surface area (Å²) in [5, 5.41) is 9.41. The molecule has 4 N–H and O–H groups in total. The first kappa shape index (κ1) is 32.2. The third-order valence-corrected chi connectivity index (χ3v) is 9.41. The second kappa shape index (κ2) is 13.2. The molecule has 12 heteroatoms. The lowest BCUT2D eigenvalue weighted by atomic mass is 9.82. The Morgan fingerprint density at radius 1 is 0.851 bits per heavy atom. The maximum absolute atomic E-state index is 14.0. The summed E-state index contributed by atoms with van der Waals surface area (Å²) in [6.45, 7) is 1.67. The highest BCUT2D eigenvalue weighted by molar-refractivity contribution is 7.86. The Morgan fingerprint density at radius 3 is 2.15 bits per heavy atom. The van der Waals surface area contributed by atoms with E-state index in [1.807, 2.05) is 0 Å². The molecule has 6 rings (SSSR count). The van der Waals surface area contributed by atoms with Crippen molar-refractivity contribution in [3.63, 3.8) is 0 Å². The topological polar surface area (TPSA) is 151 Å². The molecule has 0 spiro atoms. The maximum Gasteiger partial charge on any atom is 0.298 e. The standard InChI is InChI=1S/C35H32ClN3O7S/c1-20-11-15-29(30(17-20)47(43,44)45)46-28-16-12-22(18-27(28)39-31(40)19-36)38-26-14-13-25(37-21-7-3-2-4-8-21)32-33(26)35(42)24-10-6-5-9-23(24)34(32)41/h5-6,9-18,21,37-38H,2-4,7-8,19H2,1H3,(H,39,40)(H,43,44,45). The Balaban J connectivity index is 1.40. The number of anilines is 4. The van der Waals surface area contributed by atoms with Gasteiger partial charge < -0.3 is 20.7 Å². The quantitative estimate of drug-likeness (QED) is 0.0922. The number of hydrogen-bond acceptors (Lipinski definition) is 8. The van der Waals surface area contributed by atoms with E-state index in [4.69, 9.17) is 16.3 Å². The van der Waals surface area contributed by atoms with Gasteiger partial charge in [-0.25, -0.2) is 0 Å². The van der Waals surface area contributed by atoms with Crippen LogP contribution in [0.5, 0.6) is 11.5 Å². The Hall–Kier alpha value is -4.71. The summed E-state index contributed by atoms with van der Waals surface area (Å²) in [7, 11) is -4.63. The Kier molecular flexibility index (Phi) is 9.05. The number of alkyl halides is 1. The van der Waals surface area contributed by atoms with Gasteiger partial charge in [0.1, 0.15) is 16.5 Å². The van der Waals surface area contributed by atoms with Crippen LogP contribution >= 0.6 is 11.6 Å². The minimum absolute atomic E-state index is 0.0667. The molecule has 0 atom stereocenters. The zero-order chi connectivity index (χ0) is 33.3. The SMILES string of the molecule is Cc1ccc(Oc2ccc(Nc3ccc(NC4CCCCC4)c4c3C(=O)c3ccccc3C4=O)cc2NC(=O)CCl)c(S(=O)(=O)O)c1. The number of amides is 1. The van der Waals surface area contributed by atoms with E-state index >= 15 is 0 Å². The van der Waals surface area contributed by atoms with Gasteiger partial charge in [0, 0.05) is 28.5 Å². The van der Waals surface area contributed by atoms with Crippen molar-refractivity contribution in [1.82, 2.24) is 0 Å². The smallest absolute Gasteiger partial charge is 0.298 e.